The predicted molar refractivity (Wildman–Crippen MR) is 90.7 cm³/mol. The maximum absolute atomic E-state index is 12.3. The van der Waals surface area contributed by atoms with E-state index in [0.29, 0.717) is 22.6 Å². The van der Waals surface area contributed by atoms with Crippen molar-refractivity contribution in [3.8, 4) is 0 Å². The topological polar surface area (TPSA) is 83.8 Å². The second-order valence-electron chi connectivity index (χ2n) is 5.77. The summed E-state index contributed by atoms with van der Waals surface area (Å²) in [7, 11) is 0. The molecule has 5 rings (SSSR count). The number of para-hydroxylation sites is 3. The van der Waals surface area contributed by atoms with E-state index < -0.39 is 0 Å². The SMILES string of the molecule is O=c1nc2n(c3ccccc13)CC(O)=C2c1nc2ccccc2[nH]1. The Morgan fingerprint density at radius 1 is 1.04 bits per heavy atom. The maximum atomic E-state index is 12.3. The van der Waals surface area contributed by atoms with E-state index in [0.717, 1.165) is 16.6 Å². The molecule has 0 aliphatic carbocycles. The minimum Gasteiger partial charge on any atom is -0.509 e. The van der Waals surface area contributed by atoms with Gasteiger partial charge in [0, 0.05) is 0 Å². The van der Waals surface area contributed by atoms with Crippen LogP contribution >= 0.6 is 0 Å². The highest BCUT2D eigenvalue weighted by atomic mass is 16.3. The number of aliphatic hydroxyl groups excluding tert-OH is 1. The highest BCUT2D eigenvalue weighted by molar-refractivity contribution is 5.87. The molecule has 1 aliphatic rings. The van der Waals surface area contributed by atoms with Crippen LogP contribution in [-0.2, 0) is 6.54 Å². The monoisotopic (exact) mass is 316 g/mol. The molecule has 0 radical (unpaired) electrons. The number of imidazole rings is 1. The average molecular weight is 316 g/mol. The standard InChI is InChI=1S/C18H12N4O2/c23-14-9-22-13-8-4-1-5-10(13)18(24)21-17(22)15(14)16-19-11-6-2-3-7-12(11)20-16/h1-8,23H,9H2,(H,19,20). The lowest BCUT2D eigenvalue weighted by Gasteiger charge is -2.08. The fourth-order valence-corrected chi connectivity index (χ4v) is 3.24. The van der Waals surface area contributed by atoms with Gasteiger partial charge < -0.3 is 14.7 Å². The molecule has 2 N–H and O–H groups in total. The normalized spacial score (nSPS) is 13.8. The molecular formula is C18H12N4O2. The van der Waals surface area contributed by atoms with E-state index in [1.54, 1.807) is 12.1 Å². The summed E-state index contributed by atoms with van der Waals surface area (Å²) >= 11 is 0. The molecule has 0 amide bonds. The molecule has 2 aromatic heterocycles. The van der Waals surface area contributed by atoms with Crippen LogP contribution < -0.4 is 5.56 Å². The van der Waals surface area contributed by atoms with Crippen molar-refractivity contribution < 1.29 is 5.11 Å². The van der Waals surface area contributed by atoms with E-state index in [4.69, 9.17) is 0 Å². The van der Waals surface area contributed by atoms with Crippen molar-refractivity contribution in [1.82, 2.24) is 19.5 Å². The summed E-state index contributed by atoms with van der Waals surface area (Å²) < 4.78 is 1.84. The van der Waals surface area contributed by atoms with Gasteiger partial charge in [-0.15, -0.1) is 0 Å². The van der Waals surface area contributed by atoms with E-state index in [1.165, 1.54) is 0 Å². The lowest BCUT2D eigenvalue weighted by atomic mass is 10.2. The van der Waals surface area contributed by atoms with Crippen LogP contribution in [0.2, 0.25) is 0 Å². The molecule has 0 bridgehead atoms. The first-order valence-electron chi connectivity index (χ1n) is 7.59. The molecule has 24 heavy (non-hydrogen) atoms. The van der Waals surface area contributed by atoms with Crippen molar-refractivity contribution in [2.24, 2.45) is 0 Å². The molecule has 0 fully saturated rings. The van der Waals surface area contributed by atoms with Gasteiger partial charge in [0.1, 0.15) is 11.6 Å². The van der Waals surface area contributed by atoms with E-state index in [1.807, 2.05) is 41.0 Å². The van der Waals surface area contributed by atoms with Crippen molar-refractivity contribution in [3.05, 3.63) is 76.3 Å². The number of allylic oxidation sites excluding steroid dienone is 1. The second-order valence-corrected chi connectivity index (χ2v) is 5.77. The van der Waals surface area contributed by atoms with Crippen LogP contribution in [0.5, 0.6) is 0 Å². The van der Waals surface area contributed by atoms with Crippen molar-refractivity contribution in [2.45, 2.75) is 6.54 Å². The molecule has 116 valence electrons. The van der Waals surface area contributed by atoms with Crippen molar-refractivity contribution in [1.29, 1.82) is 0 Å². The van der Waals surface area contributed by atoms with Gasteiger partial charge in [0.2, 0.25) is 0 Å². The molecule has 0 spiro atoms. The van der Waals surface area contributed by atoms with Gasteiger partial charge in [-0.05, 0) is 24.3 Å². The minimum atomic E-state index is -0.305. The Morgan fingerprint density at radius 2 is 1.83 bits per heavy atom. The maximum Gasteiger partial charge on any atom is 0.281 e. The van der Waals surface area contributed by atoms with E-state index in [2.05, 4.69) is 15.0 Å². The summed E-state index contributed by atoms with van der Waals surface area (Å²) in [6, 6.07) is 14.9. The third-order valence-corrected chi connectivity index (χ3v) is 4.33. The zero-order valence-electron chi connectivity index (χ0n) is 12.5. The quantitative estimate of drug-likeness (QED) is 0.565. The summed E-state index contributed by atoms with van der Waals surface area (Å²) in [5.74, 6) is 1.11. The molecule has 0 atom stereocenters. The van der Waals surface area contributed by atoms with Gasteiger partial charge in [-0.3, -0.25) is 4.79 Å². The zero-order valence-corrected chi connectivity index (χ0v) is 12.5. The summed E-state index contributed by atoms with van der Waals surface area (Å²) in [5, 5.41) is 11.0. The molecule has 3 heterocycles. The number of H-pyrrole nitrogens is 1. The number of fused-ring (bicyclic) bond motifs is 4. The van der Waals surface area contributed by atoms with Gasteiger partial charge >= 0.3 is 0 Å². The van der Waals surface area contributed by atoms with Crippen LogP contribution in [0.3, 0.4) is 0 Å². The molecular weight excluding hydrogens is 304 g/mol. The molecule has 2 aromatic carbocycles. The number of aliphatic hydroxyl groups is 1. The number of aromatic nitrogens is 4. The fourth-order valence-electron chi connectivity index (χ4n) is 3.24. The van der Waals surface area contributed by atoms with E-state index >= 15 is 0 Å². The lowest BCUT2D eigenvalue weighted by molar-refractivity contribution is 0.389. The number of rotatable bonds is 1. The van der Waals surface area contributed by atoms with Crippen LogP contribution in [-0.4, -0.2) is 24.6 Å². The van der Waals surface area contributed by atoms with Crippen molar-refractivity contribution in [3.63, 3.8) is 0 Å². The Kier molecular flexibility index (Phi) is 2.48. The summed E-state index contributed by atoms with van der Waals surface area (Å²) in [6.07, 6.45) is 0. The molecule has 6 heteroatoms. The molecule has 1 aliphatic heterocycles. The first-order chi connectivity index (χ1) is 11.7. The minimum absolute atomic E-state index is 0.150. The smallest absolute Gasteiger partial charge is 0.281 e. The Hall–Kier alpha value is -3.41. The van der Waals surface area contributed by atoms with Gasteiger partial charge in [0.25, 0.3) is 5.56 Å². The highest BCUT2D eigenvalue weighted by Crippen LogP contribution is 2.32. The largest absolute Gasteiger partial charge is 0.509 e. The Balaban J connectivity index is 1.80. The number of aromatic amines is 1. The first kappa shape index (κ1) is 13.1. The van der Waals surface area contributed by atoms with Crippen molar-refractivity contribution >= 4 is 27.5 Å². The molecule has 4 aromatic rings. The fraction of sp³-hybridized carbons (Fsp3) is 0.0556. The highest BCUT2D eigenvalue weighted by Gasteiger charge is 2.28. The van der Waals surface area contributed by atoms with E-state index in [9.17, 15) is 9.90 Å². The Labute approximate surface area is 135 Å². The van der Waals surface area contributed by atoms with Gasteiger partial charge in [-0.25, -0.2) is 4.98 Å². The van der Waals surface area contributed by atoms with Gasteiger partial charge in [-0.1, -0.05) is 24.3 Å². The summed E-state index contributed by atoms with van der Waals surface area (Å²) in [6.45, 7) is 0.273. The molecule has 6 nitrogen and oxygen atoms in total. The molecule has 0 unspecified atom stereocenters. The van der Waals surface area contributed by atoms with Gasteiger partial charge in [0.15, 0.2) is 5.82 Å². The van der Waals surface area contributed by atoms with Crippen LogP contribution in [0, 0.1) is 0 Å². The number of nitrogens with one attached hydrogen (secondary N) is 1. The van der Waals surface area contributed by atoms with Crippen LogP contribution in [0.25, 0.3) is 27.5 Å². The third-order valence-electron chi connectivity index (χ3n) is 4.33. The third kappa shape index (κ3) is 1.68. The Bertz CT molecular complexity index is 1180. The Morgan fingerprint density at radius 3 is 2.71 bits per heavy atom. The van der Waals surface area contributed by atoms with Gasteiger partial charge in [0.05, 0.1) is 34.1 Å². The number of hydrogen-bond donors (Lipinski definition) is 2. The summed E-state index contributed by atoms with van der Waals surface area (Å²) in [5.41, 5.74) is 2.60. The second kappa shape index (κ2) is 4.55. The van der Waals surface area contributed by atoms with Gasteiger partial charge in [-0.2, -0.15) is 4.98 Å². The number of hydrogen-bond acceptors (Lipinski definition) is 4. The lowest BCUT2D eigenvalue weighted by Crippen LogP contribution is -2.15. The molecule has 0 saturated heterocycles. The van der Waals surface area contributed by atoms with Crippen LogP contribution in [0.1, 0.15) is 11.6 Å². The van der Waals surface area contributed by atoms with Crippen LogP contribution in [0.15, 0.2) is 59.1 Å². The summed E-state index contributed by atoms with van der Waals surface area (Å²) in [4.78, 5) is 24.2. The zero-order chi connectivity index (χ0) is 16.3. The van der Waals surface area contributed by atoms with E-state index in [-0.39, 0.29) is 17.9 Å². The average Bonchev–Trinajstić information content (AvgIpc) is 3.15. The van der Waals surface area contributed by atoms with Crippen LogP contribution in [0.4, 0.5) is 0 Å². The molecule has 0 saturated carbocycles. The first-order valence-corrected chi connectivity index (χ1v) is 7.59. The number of benzene rings is 2. The van der Waals surface area contributed by atoms with Crippen molar-refractivity contribution in [2.75, 3.05) is 0 Å². The number of nitrogens with zero attached hydrogens (tertiary/aromatic N) is 3. The predicted octanol–water partition coefficient (Wildman–Crippen LogP) is 2.60.